The number of thioether (sulfide) groups is 1. The third kappa shape index (κ3) is 6.70. The van der Waals surface area contributed by atoms with Gasteiger partial charge in [-0.05, 0) is 31.2 Å². The fourth-order valence-corrected chi connectivity index (χ4v) is 2.58. The minimum atomic E-state index is -1.12. The van der Waals surface area contributed by atoms with Crippen LogP contribution in [-0.2, 0) is 19.1 Å². The first kappa shape index (κ1) is 19.0. The highest BCUT2D eigenvalue weighted by Crippen LogP contribution is 2.24. The minimum absolute atomic E-state index is 0.0863. The summed E-state index contributed by atoms with van der Waals surface area (Å²) in [5, 5.41) is 13.7. The predicted molar refractivity (Wildman–Crippen MR) is 87.5 cm³/mol. The van der Waals surface area contributed by atoms with Crippen molar-refractivity contribution in [1.82, 2.24) is 5.32 Å². The van der Waals surface area contributed by atoms with Gasteiger partial charge in [0.2, 0.25) is 11.8 Å². The van der Waals surface area contributed by atoms with Crippen LogP contribution in [0.5, 0.6) is 0 Å². The third-order valence-electron chi connectivity index (χ3n) is 2.88. The average molecular weight is 340 g/mol. The van der Waals surface area contributed by atoms with E-state index in [-0.39, 0.29) is 18.4 Å². The number of anilines is 1. The Morgan fingerprint density at radius 2 is 1.87 bits per heavy atom. The number of rotatable bonds is 8. The van der Waals surface area contributed by atoms with E-state index in [1.54, 1.807) is 31.2 Å². The number of amides is 2. The smallest absolute Gasteiger partial charge is 0.334 e. The molecule has 23 heavy (non-hydrogen) atoms. The molecule has 0 aliphatic rings. The molecule has 0 radical (unpaired) electrons. The number of carbonyl (C=O) groups is 3. The number of methoxy groups -OCH3 is 1. The molecule has 2 unspecified atom stereocenters. The normalized spacial score (nSPS) is 13.0. The zero-order valence-electron chi connectivity index (χ0n) is 13.2. The topological polar surface area (TPSA) is 105 Å². The van der Waals surface area contributed by atoms with Crippen molar-refractivity contribution in [3.05, 3.63) is 24.3 Å². The second kappa shape index (κ2) is 9.16. The van der Waals surface area contributed by atoms with Crippen molar-refractivity contribution in [3.63, 3.8) is 0 Å². The molecule has 8 heteroatoms. The van der Waals surface area contributed by atoms with E-state index in [0.717, 1.165) is 4.90 Å². The SMILES string of the molecule is COC(CNC(=O)C(C)Sc1ccc(NC(C)=O)cc1)C(=O)O. The molecule has 0 aliphatic heterocycles. The standard InChI is InChI=1S/C15H20N2O5S/c1-9(14(19)16-8-13(22-3)15(20)21)23-12-6-4-11(5-7-12)17-10(2)18/h4-7,9,13H,8H2,1-3H3,(H,16,19)(H,17,18)(H,20,21). The van der Waals surface area contributed by atoms with Crippen LogP contribution in [-0.4, -0.2) is 47.9 Å². The summed E-state index contributed by atoms with van der Waals surface area (Å²) in [6, 6.07) is 7.10. The Hall–Kier alpha value is -2.06. The Kier molecular flexibility index (Phi) is 7.56. The van der Waals surface area contributed by atoms with E-state index in [4.69, 9.17) is 9.84 Å². The van der Waals surface area contributed by atoms with Crippen LogP contribution >= 0.6 is 11.8 Å². The minimum Gasteiger partial charge on any atom is -0.479 e. The summed E-state index contributed by atoms with van der Waals surface area (Å²) in [5.41, 5.74) is 0.684. The lowest BCUT2D eigenvalue weighted by molar-refractivity contribution is -0.148. The largest absolute Gasteiger partial charge is 0.479 e. The van der Waals surface area contributed by atoms with Gasteiger partial charge in [-0.25, -0.2) is 4.79 Å². The fraction of sp³-hybridized carbons (Fsp3) is 0.400. The van der Waals surface area contributed by atoms with E-state index >= 15 is 0 Å². The van der Waals surface area contributed by atoms with Crippen LogP contribution < -0.4 is 10.6 Å². The maximum atomic E-state index is 12.0. The summed E-state index contributed by atoms with van der Waals surface area (Å²) >= 11 is 1.33. The number of benzene rings is 1. The molecule has 0 saturated carbocycles. The first-order chi connectivity index (χ1) is 10.8. The molecule has 126 valence electrons. The summed E-state index contributed by atoms with van der Waals surface area (Å²) < 4.78 is 4.75. The lowest BCUT2D eigenvalue weighted by atomic mass is 10.3. The van der Waals surface area contributed by atoms with Crippen molar-refractivity contribution in [2.24, 2.45) is 0 Å². The molecule has 1 aromatic carbocycles. The first-order valence-electron chi connectivity index (χ1n) is 6.91. The Morgan fingerprint density at radius 3 is 2.35 bits per heavy atom. The maximum Gasteiger partial charge on any atom is 0.334 e. The van der Waals surface area contributed by atoms with Gasteiger partial charge in [-0.15, -0.1) is 11.8 Å². The van der Waals surface area contributed by atoms with Crippen LogP contribution in [0.25, 0.3) is 0 Å². The molecule has 0 fully saturated rings. The molecule has 2 atom stereocenters. The quantitative estimate of drug-likeness (QED) is 0.617. The number of carbonyl (C=O) groups excluding carboxylic acids is 2. The molecular weight excluding hydrogens is 320 g/mol. The zero-order valence-corrected chi connectivity index (χ0v) is 14.0. The van der Waals surface area contributed by atoms with Gasteiger partial charge in [0.25, 0.3) is 0 Å². The number of aliphatic carboxylic acids is 1. The highest BCUT2D eigenvalue weighted by atomic mass is 32.2. The van der Waals surface area contributed by atoms with E-state index in [0.29, 0.717) is 5.69 Å². The van der Waals surface area contributed by atoms with Gasteiger partial charge in [0.15, 0.2) is 6.10 Å². The van der Waals surface area contributed by atoms with Crippen molar-refractivity contribution >= 4 is 35.2 Å². The van der Waals surface area contributed by atoms with Gasteiger partial charge in [-0.2, -0.15) is 0 Å². The van der Waals surface area contributed by atoms with Gasteiger partial charge in [-0.3, -0.25) is 9.59 Å². The van der Waals surface area contributed by atoms with E-state index in [9.17, 15) is 14.4 Å². The molecule has 0 aromatic heterocycles. The maximum absolute atomic E-state index is 12.0. The average Bonchev–Trinajstić information content (AvgIpc) is 2.48. The third-order valence-corrected chi connectivity index (χ3v) is 3.99. The summed E-state index contributed by atoms with van der Waals surface area (Å²) in [4.78, 5) is 34.6. The van der Waals surface area contributed by atoms with E-state index in [1.165, 1.54) is 25.8 Å². The highest BCUT2D eigenvalue weighted by Gasteiger charge is 2.20. The van der Waals surface area contributed by atoms with Crippen LogP contribution in [0.3, 0.4) is 0 Å². The van der Waals surface area contributed by atoms with Gasteiger partial charge in [0.1, 0.15) is 0 Å². The Bertz CT molecular complexity index is 561. The number of nitrogens with one attached hydrogen (secondary N) is 2. The molecule has 0 aliphatic carbocycles. The van der Waals surface area contributed by atoms with E-state index in [2.05, 4.69) is 10.6 Å². The van der Waals surface area contributed by atoms with Gasteiger partial charge in [-0.1, -0.05) is 0 Å². The van der Waals surface area contributed by atoms with Gasteiger partial charge >= 0.3 is 5.97 Å². The molecule has 3 N–H and O–H groups in total. The fourth-order valence-electron chi connectivity index (χ4n) is 1.69. The molecule has 1 aromatic rings. The summed E-state index contributed by atoms with van der Waals surface area (Å²) in [6.07, 6.45) is -1.06. The van der Waals surface area contributed by atoms with Crippen LogP contribution in [0.1, 0.15) is 13.8 Å². The van der Waals surface area contributed by atoms with Crippen molar-refractivity contribution in [2.45, 2.75) is 30.1 Å². The number of ether oxygens (including phenoxy) is 1. The van der Waals surface area contributed by atoms with Crippen LogP contribution in [0, 0.1) is 0 Å². The Morgan fingerprint density at radius 1 is 1.26 bits per heavy atom. The lowest BCUT2D eigenvalue weighted by Gasteiger charge is -2.15. The zero-order chi connectivity index (χ0) is 17.4. The highest BCUT2D eigenvalue weighted by molar-refractivity contribution is 8.00. The molecule has 7 nitrogen and oxygen atoms in total. The van der Waals surface area contributed by atoms with Gasteiger partial charge in [0, 0.05) is 24.6 Å². The first-order valence-corrected chi connectivity index (χ1v) is 7.79. The van der Waals surface area contributed by atoms with Crippen molar-refractivity contribution in [3.8, 4) is 0 Å². The van der Waals surface area contributed by atoms with Crippen LogP contribution in [0.4, 0.5) is 5.69 Å². The Labute approximate surface area is 138 Å². The van der Waals surface area contributed by atoms with Crippen molar-refractivity contribution < 1.29 is 24.2 Å². The van der Waals surface area contributed by atoms with Crippen LogP contribution in [0.2, 0.25) is 0 Å². The molecule has 0 heterocycles. The number of hydrogen-bond donors (Lipinski definition) is 3. The molecule has 1 rings (SSSR count). The van der Waals surface area contributed by atoms with Gasteiger partial charge in [0.05, 0.1) is 11.8 Å². The van der Waals surface area contributed by atoms with Crippen LogP contribution in [0.15, 0.2) is 29.2 Å². The summed E-state index contributed by atoms with van der Waals surface area (Å²) in [6.45, 7) is 3.07. The second-order valence-corrected chi connectivity index (χ2v) is 6.19. The monoisotopic (exact) mass is 340 g/mol. The number of carboxylic acids is 1. The van der Waals surface area contributed by atoms with E-state index < -0.39 is 17.3 Å². The molecule has 0 saturated heterocycles. The molecular formula is C15H20N2O5S. The molecule has 2 amide bonds. The van der Waals surface area contributed by atoms with E-state index in [1.807, 2.05) is 0 Å². The second-order valence-electron chi connectivity index (χ2n) is 4.77. The molecule has 0 spiro atoms. The summed E-state index contributed by atoms with van der Waals surface area (Å²) in [5.74, 6) is -1.55. The number of carboxylic acid groups (broad SMARTS) is 1. The predicted octanol–water partition coefficient (Wildman–Crippen LogP) is 1.34. The van der Waals surface area contributed by atoms with Crippen molar-refractivity contribution in [2.75, 3.05) is 19.0 Å². The van der Waals surface area contributed by atoms with Gasteiger partial charge < -0.3 is 20.5 Å². The molecule has 0 bridgehead atoms. The van der Waals surface area contributed by atoms with Crippen molar-refractivity contribution in [1.29, 1.82) is 0 Å². The Balaban J connectivity index is 2.51. The number of hydrogen-bond acceptors (Lipinski definition) is 5. The lowest BCUT2D eigenvalue weighted by Crippen LogP contribution is -2.40. The summed E-state index contributed by atoms with van der Waals surface area (Å²) in [7, 11) is 1.28.